The Morgan fingerprint density at radius 2 is 1.92 bits per heavy atom. The molecular formula is C9H11NO2Zn. The minimum Gasteiger partial charge on any atom is -0.480 e. The molecule has 66 valence electrons. The van der Waals surface area contributed by atoms with Crippen LogP contribution in [0.3, 0.4) is 0 Å². The Balaban J connectivity index is 0.00000144. The topological polar surface area (TPSA) is 63.3 Å². The van der Waals surface area contributed by atoms with Crippen molar-refractivity contribution < 1.29 is 29.4 Å². The number of nitrogens with two attached hydrogens (primary N) is 1. The Morgan fingerprint density at radius 3 is 2.38 bits per heavy atom. The van der Waals surface area contributed by atoms with Gasteiger partial charge in [-0.3, -0.25) is 4.79 Å². The molecule has 0 amide bonds. The van der Waals surface area contributed by atoms with Crippen LogP contribution in [0.25, 0.3) is 0 Å². The first kappa shape index (κ1) is 12.3. The minimum atomic E-state index is -0.959. The van der Waals surface area contributed by atoms with Crippen molar-refractivity contribution in [3.8, 4) is 0 Å². The van der Waals surface area contributed by atoms with Crippen LogP contribution in [0.2, 0.25) is 0 Å². The van der Waals surface area contributed by atoms with Gasteiger partial charge >= 0.3 is 5.97 Å². The van der Waals surface area contributed by atoms with Crippen LogP contribution >= 0.6 is 0 Å². The average molecular weight is 231 g/mol. The summed E-state index contributed by atoms with van der Waals surface area (Å²) in [5.41, 5.74) is 6.30. The van der Waals surface area contributed by atoms with Gasteiger partial charge in [-0.15, -0.1) is 0 Å². The van der Waals surface area contributed by atoms with E-state index in [1.54, 1.807) is 0 Å². The number of rotatable bonds is 3. The summed E-state index contributed by atoms with van der Waals surface area (Å²) in [4.78, 5) is 10.4. The van der Waals surface area contributed by atoms with E-state index in [4.69, 9.17) is 10.8 Å². The maximum atomic E-state index is 10.4. The van der Waals surface area contributed by atoms with Crippen LogP contribution in [-0.4, -0.2) is 17.1 Å². The Bertz CT molecular complexity index is 264. The smallest absolute Gasteiger partial charge is 0.320 e. The fraction of sp³-hybridized carbons (Fsp3) is 0.222. The zero-order valence-electron chi connectivity index (χ0n) is 7.31. The van der Waals surface area contributed by atoms with E-state index in [1.807, 2.05) is 30.3 Å². The van der Waals surface area contributed by atoms with Gasteiger partial charge in [0.15, 0.2) is 0 Å². The van der Waals surface area contributed by atoms with Gasteiger partial charge in [0, 0.05) is 19.5 Å². The van der Waals surface area contributed by atoms with Gasteiger partial charge < -0.3 is 10.8 Å². The van der Waals surface area contributed by atoms with Crippen LogP contribution in [-0.2, 0) is 30.7 Å². The molecule has 3 nitrogen and oxygen atoms in total. The maximum Gasteiger partial charge on any atom is 0.320 e. The largest absolute Gasteiger partial charge is 0.480 e. The van der Waals surface area contributed by atoms with Gasteiger partial charge in [-0.25, -0.2) is 0 Å². The Hall–Kier alpha value is -0.727. The molecule has 1 aromatic rings. The number of hydrogen-bond acceptors (Lipinski definition) is 2. The fourth-order valence-electron chi connectivity index (χ4n) is 0.955. The van der Waals surface area contributed by atoms with E-state index in [2.05, 4.69) is 0 Å². The molecule has 0 radical (unpaired) electrons. The second kappa shape index (κ2) is 5.84. The van der Waals surface area contributed by atoms with Gasteiger partial charge in [0.25, 0.3) is 0 Å². The third-order valence-corrected chi connectivity index (χ3v) is 1.62. The molecule has 0 fully saturated rings. The van der Waals surface area contributed by atoms with Gasteiger partial charge in [0.05, 0.1) is 0 Å². The number of hydrogen-bond donors (Lipinski definition) is 2. The van der Waals surface area contributed by atoms with Gasteiger partial charge in [-0.1, -0.05) is 30.3 Å². The second-order valence-corrected chi connectivity index (χ2v) is 2.63. The molecule has 1 rings (SSSR count). The average Bonchev–Trinajstić information content (AvgIpc) is 2.06. The normalized spacial score (nSPS) is 11.5. The summed E-state index contributed by atoms with van der Waals surface area (Å²) in [6, 6.07) is 8.54. The van der Waals surface area contributed by atoms with Gasteiger partial charge in [-0.2, -0.15) is 0 Å². The van der Waals surface area contributed by atoms with Gasteiger partial charge in [-0.05, 0) is 12.0 Å². The molecule has 4 heteroatoms. The molecule has 0 bridgehead atoms. The number of benzene rings is 1. The van der Waals surface area contributed by atoms with E-state index < -0.39 is 12.0 Å². The van der Waals surface area contributed by atoms with E-state index in [-0.39, 0.29) is 19.5 Å². The molecule has 13 heavy (non-hydrogen) atoms. The molecule has 0 saturated carbocycles. The van der Waals surface area contributed by atoms with Crippen LogP contribution in [0, 0.1) is 0 Å². The zero-order chi connectivity index (χ0) is 8.97. The van der Waals surface area contributed by atoms with Gasteiger partial charge in [0.1, 0.15) is 6.04 Å². The Morgan fingerprint density at radius 1 is 1.38 bits per heavy atom. The standard InChI is InChI=1S/C9H11NO2.Zn/c10-8(9(11)12)6-7-4-2-1-3-5-7;/h1-5,8H,6,10H2,(H,11,12);/t8-;/m0./s1. The van der Waals surface area contributed by atoms with Crippen LogP contribution in [0.1, 0.15) is 5.56 Å². The maximum absolute atomic E-state index is 10.4. The summed E-state index contributed by atoms with van der Waals surface area (Å²) in [5, 5.41) is 8.52. The van der Waals surface area contributed by atoms with Crippen molar-refractivity contribution >= 4 is 5.97 Å². The molecule has 0 heterocycles. The summed E-state index contributed by atoms with van der Waals surface area (Å²) >= 11 is 0. The van der Waals surface area contributed by atoms with E-state index in [9.17, 15) is 4.79 Å². The molecule has 0 aliphatic rings. The first-order valence-corrected chi connectivity index (χ1v) is 3.72. The van der Waals surface area contributed by atoms with E-state index in [0.717, 1.165) is 5.56 Å². The van der Waals surface area contributed by atoms with Crippen LogP contribution in [0.5, 0.6) is 0 Å². The summed E-state index contributed by atoms with van der Waals surface area (Å²) in [6.45, 7) is 0. The predicted octanol–water partition coefficient (Wildman–Crippen LogP) is 0.639. The van der Waals surface area contributed by atoms with Crippen molar-refractivity contribution in [2.24, 2.45) is 5.73 Å². The zero-order valence-corrected chi connectivity index (χ0v) is 10.3. The molecule has 0 saturated heterocycles. The monoisotopic (exact) mass is 229 g/mol. The molecule has 3 N–H and O–H groups in total. The molecule has 0 aliphatic carbocycles. The Kier molecular flexibility index (Phi) is 5.51. The van der Waals surface area contributed by atoms with E-state index >= 15 is 0 Å². The molecule has 0 aliphatic heterocycles. The van der Waals surface area contributed by atoms with Crippen molar-refractivity contribution in [2.75, 3.05) is 0 Å². The summed E-state index contributed by atoms with van der Waals surface area (Å²) in [5.74, 6) is -0.959. The number of carboxylic acid groups (broad SMARTS) is 1. The molecule has 0 spiro atoms. The molecule has 1 atom stereocenters. The van der Waals surface area contributed by atoms with E-state index in [1.165, 1.54) is 0 Å². The summed E-state index contributed by atoms with van der Waals surface area (Å²) in [6.07, 6.45) is 0.385. The van der Waals surface area contributed by atoms with Crippen LogP contribution < -0.4 is 5.73 Å². The number of carboxylic acids is 1. The van der Waals surface area contributed by atoms with E-state index in [0.29, 0.717) is 6.42 Å². The molecule has 0 aromatic heterocycles. The Labute approximate surface area is 89.7 Å². The van der Waals surface area contributed by atoms with Crippen molar-refractivity contribution in [3.05, 3.63) is 35.9 Å². The number of aliphatic carboxylic acids is 1. The summed E-state index contributed by atoms with van der Waals surface area (Å²) < 4.78 is 0. The van der Waals surface area contributed by atoms with Gasteiger partial charge in [0.2, 0.25) is 0 Å². The SMILES string of the molecule is N[C@@H](Cc1ccccc1)C(=O)O.[Zn]. The quantitative estimate of drug-likeness (QED) is 0.749. The first-order valence-electron chi connectivity index (χ1n) is 3.72. The van der Waals surface area contributed by atoms with Crippen molar-refractivity contribution in [3.63, 3.8) is 0 Å². The second-order valence-electron chi connectivity index (χ2n) is 2.63. The number of carbonyl (C=O) groups is 1. The van der Waals surface area contributed by atoms with Crippen LogP contribution in [0.15, 0.2) is 30.3 Å². The fourth-order valence-corrected chi connectivity index (χ4v) is 0.955. The minimum absolute atomic E-state index is 0. The van der Waals surface area contributed by atoms with Crippen molar-refractivity contribution in [2.45, 2.75) is 12.5 Å². The van der Waals surface area contributed by atoms with Crippen molar-refractivity contribution in [1.29, 1.82) is 0 Å². The summed E-state index contributed by atoms with van der Waals surface area (Å²) in [7, 11) is 0. The third kappa shape index (κ3) is 4.16. The molecular weight excluding hydrogens is 219 g/mol. The molecule has 0 unspecified atom stereocenters. The molecule has 1 aromatic carbocycles. The first-order chi connectivity index (χ1) is 5.70. The van der Waals surface area contributed by atoms with Crippen molar-refractivity contribution in [1.82, 2.24) is 0 Å². The third-order valence-electron chi connectivity index (χ3n) is 1.62. The predicted molar refractivity (Wildman–Crippen MR) is 45.8 cm³/mol. The van der Waals surface area contributed by atoms with Crippen LogP contribution in [0.4, 0.5) is 0 Å².